The number of nitrogen functional groups attached to an aromatic ring is 1. The van der Waals surface area contributed by atoms with Gasteiger partial charge >= 0.3 is 11.9 Å². The van der Waals surface area contributed by atoms with Gasteiger partial charge in [0.15, 0.2) is 5.65 Å². The molecule has 2 aromatic carbocycles. The zero-order valence-corrected chi connectivity index (χ0v) is 21.5. The van der Waals surface area contributed by atoms with Crippen LogP contribution in [0.4, 0.5) is 5.82 Å². The van der Waals surface area contributed by atoms with E-state index in [1.807, 2.05) is 24.3 Å². The summed E-state index contributed by atoms with van der Waals surface area (Å²) in [5, 5.41) is 0. The second-order valence-corrected chi connectivity index (χ2v) is 9.01. The van der Waals surface area contributed by atoms with Crippen molar-refractivity contribution in [1.29, 1.82) is 0 Å². The summed E-state index contributed by atoms with van der Waals surface area (Å²) in [6, 6.07) is 14.3. The Morgan fingerprint density at radius 2 is 1.54 bits per heavy atom. The van der Waals surface area contributed by atoms with Gasteiger partial charge in [-0.25, -0.2) is 19.6 Å². The summed E-state index contributed by atoms with van der Waals surface area (Å²) < 4.78 is 12.4. The van der Waals surface area contributed by atoms with Crippen LogP contribution in [0.1, 0.15) is 79.5 Å². The number of fused-ring (bicyclic) bond motifs is 2. The van der Waals surface area contributed by atoms with Gasteiger partial charge in [-0.2, -0.15) is 0 Å². The molecule has 4 rings (SSSR count). The standard InChI is InChI=1S/C29H34N4O4/c1-3-5-6-7-8-9-12-18-37-29(35)24-25-27(32-23-17-11-10-16-22(23)31-25)33(26(24)30)21-15-13-14-20(19-21)28(34)36-4-2/h10-11,13-17,19H,3-9,12,18,30H2,1-2H3. The number of anilines is 1. The first-order valence-corrected chi connectivity index (χ1v) is 13.1. The molecule has 0 aliphatic rings. The molecule has 2 heterocycles. The smallest absolute Gasteiger partial charge is 0.344 e. The monoisotopic (exact) mass is 502 g/mol. The number of rotatable bonds is 12. The highest BCUT2D eigenvalue weighted by Crippen LogP contribution is 2.32. The zero-order chi connectivity index (χ0) is 26.2. The van der Waals surface area contributed by atoms with Crippen LogP contribution in [-0.2, 0) is 9.47 Å². The van der Waals surface area contributed by atoms with E-state index in [0.29, 0.717) is 40.1 Å². The van der Waals surface area contributed by atoms with Gasteiger partial charge in [0.2, 0.25) is 0 Å². The summed E-state index contributed by atoms with van der Waals surface area (Å²) in [6.07, 6.45) is 7.87. The molecule has 0 atom stereocenters. The van der Waals surface area contributed by atoms with Crippen molar-refractivity contribution < 1.29 is 19.1 Å². The number of hydrogen-bond acceptors (Lipinski definition) is 7. The Hall–Kier alpha value is -3.94. The number of carbonyl (C=O) groups is 2. The van der Waals surface area contributed by atoms with Crippen LogP contribution >= 0.6 is 0 Å². The molecule has 37 heavy (non-hydrogen) atoms. The maximum atomic E-state index is 13.2. The normalized spacial score (nSPS) is 11.2. The fourth-order valence-electron chi connectivity index (χ4n) is 4.41. The number of aromatic nitrogens is 3. The Bertz CT molecular complexity index is 1400. The number of esters is 2. The van der Waals surface area contributed by atoms with Gasteiger partial charge in [0, 0.05) is 5.69 Å². The van der Waals surface area contributed by atoms with Crippen molar-refractivity contribution in [2.24, 2.45) is 0 Å². The molecule has 0 amide bonds. The van der Waals surface area contributed by atoms with Crippen molar-refractivity contribution in [2.45, 2.75) is 58.8 Å². The third-order valence-electron chi connectivity index (χ3n) is 6.30. The lowest BCUT2D eigenvalue weighted by Gasteiger charge is -2.10. The summed E-state index contributed by atoms with van der Waals surface area (Å²) in [5.74, 6) is -0.806. The van der Waals surface area contributed by atoms with Crippen LogP contribution in [0.2, 0.25) is 0 Å². The molecule has 0 unspecified atom stereocenters. The molecule has 4 aromatic rings. The SMILES string of the molecule is CCCCCCCCCOC(=O)c1c(N)n(-c2cccc(C(=O)OCC)c2)c2nc3ccccc3nc12. The minimum absolute atomic E-state index is 0.163. The first-order chi connectivity index (χ1) is 18.0. The molecule has 0 aliphatic heterocycles. The lowest BCUT2D eigenvalue weighted by Crippen LogP contribution is -2.11. The Morgan fingerprint density at radius 1 is 0.838 bits per heavy atom. The van der Waals surface area contributed by atoms with E-state index < -0.39 is 11.9 Å². The third-order valence-corrected chi connectivity index (χ3v) is 6.30. The number of nitrogens with two attached hydrogens (primary N) is 1. The number of hydrogen-bond donors (Lipinski definition) is 1. The number of nitrogens with zero attached hydrogens (tertiary/aromatic N) is 3. The first kappa shape index (κ1) is 26.1. The Labute approximate surface area is 216 Å². The number of para-hydroxylation sites is 2. The van der Waals surface area contributed by atoms with E-state index in [-0.39, 0.29) is 18.0 Å². The Balaban J connectivity index is 1.66. The predicted molar refractivity (Wildman–Crippen MR) is 145 cm³/mol. The van der Waals surface area contributed by atoms with Gasteiger partial charge in [0.05, 0.1) is 29.8 Å². The highest BCUT2D eigenvalue weighted by molar-refractivity contribution is 6.09. The van der Waals surface area contributed by atoms with Gasteiger partial charge in [-0.05, 0) is 43.7 Å². The van der Waals surface area contributed by atoms with Gasteiger partial charge in [0.1, 0.15) is 16.9 Å². The summed E-state index contributed by atoms with van der Waals surface area (Å²) in [5.41, 5.74) is 9.78. The lowest BCUT2D eigenvalue weighted by molar-refractivity contribution is 0.0497. The molecule has 8 nitrogen and oxygen atoms in total. The van der Waals surface area contributed by atoms with Crippen LogP contribution in [0.15, 0.2) is 48.5 Å². The fourth-order valence-corrected chi connectivity index (χ4v) is 4.41. The minimum Gasteiger partial charge on any atom is -0.462 e. The molecule has 0 radical (unpaired) electrons. The first-order valence-electron chi connectivity index (χ1n) is 13.1. The third kappa shape index (κ3) is 5.90. The van der Waals surface area contributed by atoms with E-state index in [0.717, 1.165) is 19.3 Å². The van der Waals surface area contributed by atoms with Gasteiger partial charge in [-0.15, -0.1) is 0 Å². The molecule has 0 aliphatic carbocycles. The van der Waals surface area contributed by atoms with Crippen molar-refractivity contribution in [3.8, 4) is 5.69 Å². The number of unbranched alkanes of at least 4 members (excludes halogenated alkanes) is 6. The molecule has 8 heteroatoms. The molecular weight excluding hydrogens is 468 g/mol. The highest BCUT2D eigenvalue weighted by Gasteiger charge is 2.26. The van der Waals surface area contributed by atoms with E-state index in [2.05, 4.69) is 6.92 Å². The average Bonchev–Trinajstić information content (AvgIpc) is 3.19. The van der Waals surface area contributed by atoms with Gasteiger partial charge in [-0.3, -0.25) is 4.57 Å². The molecule has 2 aromatic heterocycles. The lowest BCUT2D eigenvalue weighted by atomic mass is 10.1. The summed E-state index contributed by atoms with van der Waals surface area (Å²) in [4.78, 5) is 35.1. The second kappa shape index (κ2) is 12.3. The molecule has 0 fully saturated rings. The molecule has 2 N–H and O–H groups in total. The molecule has 0 saturated carbocycles. The maximum absolute atomic E-state index is 13.2. The van der Waals surface area contributed by atoms with Crippen LogP contribution in [0.25, 0.3) is 27.9 Å². The van der Waals surface area contributed by atoms with Crippen LogP contribution in [0.3, 0.4) is 0 Å². The average molecular weight is 503 g/mol. The second-order valence-electron chi connectivity index (χ2n) is 9.01. The number of ether oxygens (including phenoxy) is 2. The summed E-state index contributed by atoms with van der Waals surface area (Å²) >= 11 is 0. The fraction of sp³-hybridized carbons (Fsp3) is 0.379. The van der Waals surface area contributed by atoms with Gasteiger partial charge in [-0.1, -0.05) is 63.6 Å². The van der Waals surface area contributed by atoms with Crippen molar-refractivity contribution in [3.63, 3.8) is 0 Å². The maximum Gasteiger partial charge on any atom is 0.344 e. The number of carbonyl (C=O) groups excluding carboxylic acids is 2. The molecule has 0 bridgehead atoms. The van der Waals surface area contributed by atoms with E-state index in [9.17, 15) is 9.59 Å². The summed E-state index contributed by atoms with van der Waals surface area (Å²) in [7, 11) is 0. The van der Waals surface area contributed by atoms with Gasteiger partial charge < -0.3 is 15.2 Å². The van der Waals surface area contributed by atoms with Crippen LogP contribution < -0.4 is 5.73 Å². The quantitative estimate of drug-likeness (QED) is 0.180. The van der Waals surface area contributed by atoms with Crippen LogP contribution in [0.5, 0.6) is 0 Å². The van der Waals surface area contributed by atoms with E-state index >= 15 is 0 Å². The van der Waals surface area contributed by atoms with Gasteiger partial charge in [0.25, 0.3) is 0 Å². The topological polar surface area (TPSA) is 109 Å². The van der Waals surface area contributed by atoms with E-state index in [1.165, 1.54) is 25.7 Å². The van der Waals surface area contributed by atoms with Crippen LogP contribution in [-0.4, -0.2) is 39.7 Å². The molecule has 0 saturated heterocycles. The molecular formula is C29H34N4O4. The van der Waals surface area contributed by atoms with Crippen molar-refractivity contribution in [1.82, 2.24) is 14.5 Å². The zero-order valence-electron chi connectivity index (χ0n) is 21.5. The predicted octanol–water partition coefficient (Wildman–Crippen LogP) is 6.24. The largest absolute Gasteiger partial charge is 0.462 e. The van der Waals surface area contributed by atoms with Crippen LogP contribution in [0, 0.1) is 0 Å². The van der Waals surface area contributed by atoms with Crippen molar-refractivity contribution in [3.05, 3.63) is 59.7 Å². The highest BCUT2D eigenvalue weighted by atomic mass is 16.5. The minimum atomic E-state index is -0.529. The molecule has 194 valence electrons. The Kier molecular flexibility index (Phi) is 8.72. The molecule has 0 spiro atoms. The van der Waals surface area contributed by atoms with Crippen molar-refractivity contribution >= 4 is 40.0 Å². The number of benzene rings is 2. The Morgan fingerprint density at radius 3 is 2.27 bits per heavy atom. The van der Waals surface area contributed by atoms with E-state index in [1.54, 1.807) is 35.8 Å². The van der Waals surface area contributed by atoms with Crippen molar-refractivity contribution in [2.75, 3.05) is 18.9 Å². The summed E-state index contributed by atoms with van der Waals surface area (Å²) in [6.45, 7) is 4.54. The van der Waals surface area contributed by atoms with E-state index in [4.69, 9.17) is 25.2 Å².